The van der Waals surface area contributed by atoms with Crippen LogP contribution >= 0.6 is 12.4 Å². The number of nitrogens with zero attached hydrogens (tertiary/aromatic N) is 1. The van der Waals surface area contributed by atoms with Crippen LogP contribution in [-0.4, -0.2) is 29.2 Å². The summed E-state index contributed by atoms with van der Waals surface area (Å²) in [5, 5.41) is 11.5. The SMILES string of the molecule is Cl.O=C(O)C=Cc1cnc2c(c1)OCCN2. The summed E-state index contributed by atoms with van der Waals surface area (Å²) in [6.45, 7) is 1.34. The van der Waals surface area contributed by atoms with Crippen LogP contribution in [0.2, 0.25) is 0 Å². The maximum atomic E-state index is 10.3. The van der Waals surface area contributed by atoms with E-state index in [4.69, 9.17) is 9.84 Å². The lowest BCUT2D eigenvalue weighted by Crippen LogP contribution is -2.18. The number of hydrogen-bond acceptors (Lipinski definition) is 4. The van der Waals surface area contributed by atoms with E-state index in [0.29, 0.717) is 23.7 Å². The third-order valence-corrected chi connectivity index (χ3v) is 1.94. The quantitative estimate of drug-likeness (QED) is 0.768. The first-order valence-corrected chi connectivity index (χ1v) is 4.53. The molecule has 2 N–H and O–H groups in total. The van der Waals surface area contributed by atoms with Gasteiger partial charge in [-0.1, -0.05) is 0 Å². The van der Waals surface area contributed by atoms with Crippen LogP contribution in [0.15, 0.2) is 18.3 Å². The highest BCUT2D eigenvalue weighted by atomic mass is 35.5. The Labute approximate surface area is 98.6 Å². The van der Waals surface area contributed by atoms with Gasteiger partial charge in [0.15, 0.2) is 11.6 Å². The van der Waals surface area contributed by atoms with E-state index in [1.165, 1.54) is 6.08 Å². The molecule has 0 bridgehead atoms. The van der Waals surface area contributed by atoms with Gasteiger partial charge in [0.25, 0.3) is 0 Å². The van der Waals surface area contributed by atoms with Crippen LogP contribution in [-0.2, 0) is 4.79 Å². The monoisotopic (exact) mass is 242 g/mol. The minimum absolute atomic E-state index is 0. The molecule has 1 aromatic heterocycles. The Balaban J connectivity index is 0.00000128. The number of hydrogen-bond donors (Lipinski definition) is 2. The average Bonchev–Trinajstić information content (AvgIpc) is 2.26. The highest BCUT2D eigenvalue weighted by Gasteiger charge is 2.10. The van der Waals surface area contributed by atoms with Gasteiger partial charge in [-0.2, -0.15) is 0 Å². The van der Waals surface area contributed by atoms with Gasteiger partial charge in [-0.05, 0) is 17.7 Å². The van der Waals surface area contributed by atoms with E-state index in [9.17, 15) is 4.79 Å². The van der Waals surface area contributed by atoms with Crippen LogP contribution in [0.4, 0.5) is 5.82 Å². The third-order valence-electron chi connectivity index (χ3n) is 1.94. The van der Waals surface area contributed by atoms with E-state index in [-0.39, 0.29) is 12.4 Å². The summed E-state index contributed by atoms with van der Waals surface area (Å²) in [5.41, 5.74) is 0.708. The Hall–Kier alpha value is -1.75. The highest BCUT2D eigenvalue weighted by molar-refractivity contribution is 5.85. The summed E-state index contributed by atoms with van der Waals surface area (Å²) in [6.07, 6.45) is 4.15. The number of aromatic nitrogens is 1. The predicted molar refractivity (Wildman–Crippen MR) is 62.1 cm³/mol. The number of pyridine rings is 1. The lowest BCUT2D eigenvalue weighted by molar-refractivity contribution is -0.131. The molecule has 2 rings (SSSR count). The number of fused-ring (bicyclic) bond motifs is 1. The largest absolute Gasteiger partial charge is 0.488 e. The molecule has 2 heterocycles. The number of carboxylic acids is 1. The summed E-state index contributed by atoms with van der Waals surface area (Å²) >= 11 is 0. The van der Waals surface area contributed by atoms with Gasteiger partial charge in [0.2, 0.25) is 0 Å². The number of rotatable bonds is 2. The van der Waals surface area contributed by atoms with Crippen molar-refractivity contribution in [3.8, 4) is 5.75 Å². The summed E-state index contributed by atoms with van der Waals surface area (Å²) in [5.74, 6) is 0.384. The first-order chi connectivity index (χ1) is 7.25. The van der Waals surface area contributed by atoms with E-state index in [0.717, 1.165) is 12.6 Å². The molecule has 6 heteroatoms. The topological polar surface area (TPSA) is 71.5 Å². The predicted octanol–water partition coefficient (Wildman–Crippen LogP) is 1.41. The molecule has 0 saturated carbocycles. The van der Waals surface area contributed by atoms with Crippen LogP contribution in [0.5, 0.6) is 5.75 Å². The Morgan fingerprint density at radius 1 is 1.62 bits per heavy atom. The van der Waals surface area contributed by atoms with Crippen LogP contribution in [0, 0.1) is 0 Å². The average molecular weight is 243 g/mol. The molecule has 16 heavy (non-hydrogen) atoms. The molecule has 5 nitrogen and oxygen atoms in total. The zero-order valence-electron chi connectivity index (χ0n) is 8.34. The van der Waals surface area contributed by atoms with Crippen molar-refractivity contribution in [3.63, 3.8) is 0 Å². The minimum Gasteiger partial charge on any atom is -0.488 e. The molecular weight excluding hydrogens is 232 g/mol. The molecule has 1 aliphatic rings. The Morgan fingerprint density at radius 3 is 3.19 bits per heavy atom. The van der Waals surface area contributed by atoms with Crippen LogP contribution in [0.3, 0.4) is 0 Å². The van der Waals surface area contributed by atoms with Crippen molar-refractivity contribution < 1.29 is 14.6 Å². The van der Waals surface area contributed by atoms with Gasteiger partial charge in [0.1, 0.15) is 6.61 Å². The molecule has 86 valence electrons. The molecule has 1 aromatic rings. The van der Waals surface area contributed by atoms with Gasteiger partial charge < -0.3 is 15.2 Å². The maximum Gasteiger partial charge on any atom is 0.328 e. The zero-order chi connectivity index (χ0) is 10.7. The number of carboxylic acid groups (broad SMARTS) is 1. The van der Waals surface area contributed by atoms with Crippen LogP contribution in [0.1, 0.15) is 5.56 Å². The summed E-state index contributed by atoms with van der Waals surface area (Å²) < 4.78 is 5.36. The van der Waals surface area contributed by atoms with Crippen molar-refractivity contribution in [1.29, 1.82) is 0 Å². The first-order valence-electron chi connectivity index (χ1n) is 4.53. The Bertz CT molecular complexity index is 421. The fourth-order valence-corrected chi connectivity index (χ4v) is 1.29. The zero-order valence-corrected chi connectivity index (χ0v) is 9.16. The van der Waals surface area contributed by atoms with Gasteiger partial charge >= 0.3 is 5.97 Å². The minimum atomic E-state index is -0.980. The van der Waals surface area contributed by atoms with Crippen molar-refractivity contribution in [2.75, 3.05) is 18.5 Å². The van der Waals surface area contributed by atoms with E-state index < -0.39 is 5.97 Å². The lowest BCUT2D eigenvalue weighted by atomic mass is 10.2. The molecule has 0 fully saturated rings. The normalized spacial score (nSPS) is 13.2. The summed E-state index contributed by atoms with van der Waals surface area (Å²) in [7, 11) is 0. The molecular formula is C10H11ClN2O3. The molecule has 0 atom stereocenters. The Kier molecular flexibility index (Phi) is 4.13. The maximum absolute atomic E-state index is 10.3. The fraction of sp³-hybridized carbons (Fsp3) is 0.200. The van der Waals surface area contributed by atoms with Crippen molar-refractivity contribution in [1.82, 2.24) is 4.98 Å². The van der Waals surface area contributed by atoms with E-state index >= 15 is 0 Å². The number of nitrogens with one attached hydrogen (secondary N) is 1. The summed E-state index contributed by atoms with van der Waals surface area (Å²) in [6, 6.07) is 1.76. The highest BCUT2D eigenvalue weighted by Crippen LogP contribution is 2.25. The Morgan fingerprint density at radius 2 is 2.44 bits per heavy atom. The second-order valence-electron chi connectivity index (χ2n) is 3.06. The van der Waals surface area contributed by atoms with E-state index in [1.807, 2.05) is 0 Å². The molecule has 0 unspecified atom stereocenters. The third kappa shape index (κ3) is 2.87. The van der Waals surface area contributed by atoms with Crippen LogP contribution < -0.4 is 10.1 Å². The van der Waals surface area contributed by atoms with E-state index in [1.54, 1.807) is 12.3 Å². The molecule has 0 aromatic carbocycles. The van der Waals surface area contributed by atoms with Gasteiger partial charge in [-0.25, -0.2) is 9.78 Å². The first kappa shape index (κ1) is 12.3. The van der Waals surface area contributed by atoms with Crippen LogP contribution in [0.25, 0.3) is 6.08 Å². The number of halogens is 1. The van der Waals surface area contributed by atoms with Crippen molar-refractivity contribution in [3.05, 3.63) is 23.9 Å². The molecule has 0 radical (unpaired) electrons. The molecule has 0 saturated heterocycles. The lowest BCUT2D eigenvalue weighted by Gasteiger charge is -2.17. The van der Waals surface area contributed by atoms with Crippen molar-refractivity contribution >= 4 is 30.3 Å². The second-order valence-corrected chi connectivity index (χ2v) is 3.06. The van der Waals surface area contributed by atoms with Gasteiger partial charge in [-0.15, -0.1) is 12.4 Å². The van der Waals surface area contributed by atoms with Gasteiger partial charge in [-0.3, -0.25) is 0 Å². The second kappa shape index (κ2) is 5.37. The molecule has 0 amide bonds. The summed E-state index contributed by atoms with van der Waals surface area (Å²) in [4.78, 5) is 14.4. The molecule has 0 spiro atoms. The van der Waals surface area contributed by atoms with Crippen molar-refractivity contribution in [2.45, 2.75) is 0 Å². The standard InChI is InChI=1S/C10H10N2O3.ClH/c13-9(14)2-1-7-5-8-10(12-6-7)11-3-4-15-8;/h1-2,5-6H,3-4H2,(H,11,12)(H,13,14);1H. The van der Waals surface area contributed by atoms with Gasteiger partial charge in [0.05, 0.1) is 6.54 Å². The van der Waals surface area contributed by atoms with Crippen molar-refractivity contribution in [2.24, 2.45) is 0 Å². The number of ether oxygens (including phenoxy) is 1. The van der Waals surface area contributed by atoms with Gasteiger partial charge in [0, 0.05) is 12.3 Å². The number of anilines is 1. The smallest absolute Gasteiger partial charge is 0.328 e. The number of carbonyl (C=O) groups is 1. The molecule has 0 aliphatic carbocycles. The molecule has 1 aliphatic heterocycles. The fourth-order valence-electron chi connectivity index (χ4n) is 1.29. The van der Waals surface area contributed by atoms with E-state index in [2.05, 4.69) is 10.3 Å². The number of aliphatic carboxylic acids is 1.